The van der Waals surface area contributed by atoms with E-state index >= 15 is 0 Å². The zero-order valence-corrected chi connectivity index (χ0v) is 11.4. The van der Waals surface area contributed by atoms with E-state index in [1.165, 1.54) is 25.7 Å². The minimum absolute atomic E-state index is 0.0879. The quantitative estimate of drug-likeness (QED) is 0.667. The molecule has 5 heteroatoms. The molecule has 0 radical (unpaired) electrons. The zero-order valence-electron chi connectivity index (χ0n) is 11.4. The van der Waals surface area contributed by atoms with Gasteiger partial charge in [-0.1, -0.05) is 12.8 Å². The van der Waals surface area contributed by atoms with Crippen LogP contribution in [0.2, 0.25) is 0 Å². The lowest BCUT2D eigenvalue weighted by atomic mass is 9.54. The molecule has 2 saturated carbocycles. The molecule has 0 aromatic heterocycles. The van der Waals surface area contributed by atoms with E-state index in [2.05, 4.69) is 10.6 Å². The van der Waals surface area contributed by atoms with Gasteiger partial charge in [0.25, 0.3) is 0 Å². The summed E-state index contributed by atoms with van der Waals surface area (Å²) >= 11 is 0. The van der Waals surface area contributed by atoms with Crippen LogP contribution in [0, 0.1) is 11.3 Å². The van der Waals surface area contributed by atoms with Crippen LogP contribution in [0.3, 0.4) is 0 Å². The van der Waals surface area contributed by atoms with Crippen molar-refractivity contribution in [3.8, 4) is 0 Å². The van der Waals surface area contributed by atoms with E-state index in [0.29, 0.717) is 25.0 Å². The van der Waals surface area contributed by atoms with Gasteiger partial charge in [0.1, 0.15) is 0 Å². The van der Waals surface area contributed by atoms with E-state index in [1.54, 1.807) is 0 Å². The third-order valence-corrected chi connectivity index (χ3v) is 5.19. The Labute approximate surface area is 114 Å². The number of hydrogen-bond donors (Lipinski definition) is 3. The molecule has 1 spiro atoms. The normalized spacial score (nSPS) is 34.9. The molecule has 3 aliphatic rings. The highest BCUT2D eigenvalue weighted by Gasteiger charge is 2.65. The molecule has 3 rings (SSSR count). The van der Waals surface area contributed by atoms with E-state index in [-0.39, 0.29) is 24.1 Å². The number of carbonyl (C=O) groups is 1. The Kier molecular flexibility index (Phi) is 3.67. The standard InChI is InChI=1S/C14H24N2O3/c17-8-3-7-15-13(18)16-11-10-4-9-19-12(10)14(11)5-1-2-6-14/h10-12,17H,1-9H2,(H2,15,16,18). The lowest BCUT2D eigenvalue weighted by Crippen LogP contribution is -2.69. The maximum Gasteiger partial charge on any atom is 0.315 e. The first-order valence-corrected chi connectivity index (χ1v) is 7.55. The average molecular weight is 268 g/mol. The number of rotatable bonds is 4. The average Bonchev–Trinajstić information content (AvgIpc) is 3.04. The second kappa shape index (κ2) is 5.29. The van der Waals surface area contributed by atoms with E-state index < -0.39 is 0 Å². The third-order valence-electron chi connectivity index (χ3n) is 5.19. The summed E-state index contributed by atoms with van der Waals surface area (Å²) in [7, 11) is 0. The number of fused-ring (bicyclic) bond motifs is 2. The molecule has 0 aromatic rings. The van der Waals surface area contributed by atoms with Crippen LogP contribution in [0.4, 0.5) is 4.79 Å². The predicted octanol–water partition coefficient (Wildman–Crippen LogP) is 1.02. The summed E-state index contributed by atoms with van der Waals surface area (Å²) in [6.07, 6.45) is 6.98. The van der Waals surface area contributed by atoms with Crippen LogP contribution in [0.15, 0.2) is 0 Å². The number of amides is 2. The summed E-state index contributed by atoms with van der Waals surface area (Å²) in [6.45, 7) is 1.50. The first-order valence-electron chi connectivity index (χ1n) is 7.55. The first-order chi connectivity index (χ1) is 9.28. The molecule has 0 bridgehead atoms. The largest absolute Gasteiger partial charge is 0.396 e. The van der Waals surface area contributed by atoms with Gasteiger partial charge in [-0.25, -0.2) is 4.79 Å². The van der Waals surface area contributed by atoms with Gasteiger partial charge in [0.15, 0.2) is 0 Å². The van der Waals surface area contributed by atoms with Crippen molar-refractivity contribution in [2.45, 2.75) is 50.7 Å². The summed E-state index contributed by atoms with van der Waals surface area (Å²) in [6, 6.07) is 0.201. The fraction of sp³-hybridized carbons (Fsp3) is 0.929. The van der Waals surface area contributed by atoms with Gasteiger partial charge >= 0.3 is 6.03 Å². The van der Waals surface area contributed by atoms with Gasteiger partial charge in [-0.3, -0.25) is 0 Å². The Morgan fingerprint density at radius 3 is 2.89 bits per heavy atom. The molecule has 2 amide bonds. The fourth-order valence-corrected chi connectivity index (χ4v) is 4.38. The van der Waals surface area contributed by atoms with Crippen molar-refractivity contribution in [2.24, 2.45) is 11.3 Å². The van der Waals surface area contributed by atoms with Crippen LogP contribution in [0.1, 0.15) is 38.5 Å². The van der Waals surface area contributed by atoms with Crippen LogP contribution >= 0.6 is 0 Å². The van der Waals surface area contributed by atoms with E-state index in [1.807, 2.05) is 0 Å². The lowest BCUT2D eigenvalue weighted by molar-refractivity contribution is -0.126. The topological polar surface area (TPSA) is 70.6 Å². The number of nitrogens with one attached hydrogen (secondary N) is 2. The van der Waals surface area contributed by atoms with Crippen molar-refractivity contribution in [3.05, 3.63) is 0 Å². The van der Waals surface area contributed by atoms with E-state index in [4.69, 9.17) is 9.84 Å². The molecule has 5 nitrogen and oxygen atoms in total. The number of carbonyl (C=O) groups excluding carboxylic acids is 1. The van der Waals surface area contributed by atoms with Crippen molar-refractivity contribution in [2.75, 3.05) is 19.8 Å². The number of hydrogen-bond acceptors (Lipinski definition) is 3. The molecule has 1 heterocycles. The SMILES string of the molecule is O=C(NCCCO)NC1C2CCOC2C12CCCC2. The summed E-state index contributed by atoms with van der Waals surface area (Å²) < 4.78 is 5.90. The molecule has 3 fully saturated rings. The van der Waals surface area contributed by atoms with Crippen LogP contribution < -0.4 is 10.6 Å². The highest BCUT2D eigenvalue weighted by atomic mass is 16.5. The number of urea groups is 1. The van der Waals surface area contributed by atoms with Gasteiger partial charge in [-0.05, 0) is 25.7 Å². The highest BCUT2D eigenvalue weighted by Crippen LogP contribution is 2.60. The third kappa shape index (κ3) is 2.13. The van der Waals surface area contributed by atoms with Crippen molar-refractivity contribution in [1.29, 1.82) is 0 Å². The van der Waals surface area contributed by atoms with E-state index in [0.717, 1.165) is 13.0 Å². The summed E-state index contributed by atoms with van der Waals surface area (Å²) in [5.74, 6) is 0.515. The van der Waals surface area contributed by atoms with Crippen LogP contribution in [-0.2, 0) is 4.74 Å². The fourth-order valence-electron chi connectivity index (χ4n) is 4.38. The first kappa shape index (κ1) is 13.2. The number of aliphatic hydroxyl groups is 1. The van der Waals surface area contributed by atoms with Gasteiger partial charge in [0.2, 0.25) is 0 Å². The summed E-state index contributed by atoms with van der Waals surface area (Å²) in [4.78, 5) is 11.9. The molecule has 3 atom stereocenters. The highest BCUT2D eigenvalue weighted by molar-refractivity contribution is 5.74. The predicted molar refractivity (Wildman–Crippen MR) is 70.8 cm³/mol. The molecule has 19 heavy (non-hydrogen) atoms. The van der Waals surface area contributed by atoms with Crippen LogP contribution in [0.25, 0.3) is 0 Å². The Balaban J connectivity index is 1.58. The summed E-state index contributed by atoms with van der Waals surface area (Å²) in [5, 5.41) is 14.7. The monoisotopic (exact) mass is 268 g/mol. The van der Waals surface area contributed by atoms with Gasteiger partial charge in [0, 0.05) is 37.1 Å². The van der Waals surface area contributed by atoms with Gasteiger partial charge < -0.3 is 20.5 Å². The molecule has 1 aliphatic heterocycles. The Morgan fingerprint density at radius 2 is 2.16 bits per heavy atom. The molecule has 0 aromatic carbocycles. The zero-order chi connectivity index (χ0) is 13.3. The molecule has 2 aliphatic carbocycles. The Hall–Kier alpha value is -0.810. The lowest BCUT2D eigenvalue weighted by Gasteiger charge is -2.56. The van der Waals surface area contributed by atoms with Crippen molar-refractivity contribution < 1.29 is 14.6 Å². The Bertz CT molecular complexity index is 342. The second-order valence-corrected chi connectivity index (χ2v) is 6.14. The number of aliphatic hydroxyl groups excluding tert-OH is 1. The minimum Gasteiger partial charge on any atom is -0.396 e. The molecular weight excluding hydrogens is 244 g/mol. The molecule has 108 valence electrons. The smallest absolute Gasteiger partial charge is 0.315 e. The van der Waals surface area contributed by atoms with Crippen molar-refractivity contribution >= 4 is 6.03 Å². The van der Waals surface area contributed by atoms with Crippen LogP contribution in [0.5, 0.6) is 0 Å². The van der Waals surface area contributed by atoms with Crippen molar-refractivity contribution in [1.82, 2.24) is 10.6 Å². The maximum absolute atomic E-state index is 11.9. The number of ether oxygens (including phenoxy) is 1. The molecule has 3 N–H and O–H groups in total. The van der Waals surface area contributed by atoms with Crippen molar-refractivity contribution in [3.63, 3.8) is 0 Å². The van der Waals surface area contributed by atoms with Gasteiger partial charge in [-0.15, -0.1) is 0 Å². The molecule has 1 saturated heterocycles. The molecular formula is C14H24N2O3. The van der Waals surface area contributed by atoms with E-state index in [9.17, 15) is 4.79 Å². The minimum atomic E-state index is -0.0879. The molecule has 3 unspecified atom stereocenters. The van der Waals surface area contributed by atoms with Crippen LogP contribution in [-0.4, -0.2) is 43.0 Å². The Morgan fingerprint density at radius 1 is 1.37 bits per heavy atom. The summed E-state index contributed by atoms with van der Waals surface area (Å²) in [5.41, 5.74) is 0.218. The maximum atomic E-state index is 11.9. The van der Waals surface area contributed by atoms with Gasteiger partial charge in [-0.2, -0.15) is 0 Å². The van der Waals surface area contributed by atoms with Gasteiger partial charge in [0.05, 0.1) is 6.10 Å². The second-order valence-electron chi connectivity index (χ2n) is 6.14.